The van der Waals surface area contributed by atoms with E-state index in [0.29, 0.717) is 11.1 Å². The zero-order chi connectivity index (χ0) is 18.0. The van der Waals surface area contributed by atoms with Crippen molar-refractivity contribution in [2.45, 2.75) is 30.1 Å². The van der Waals surface area contributed by atoms with Crippen LogP contribution in [0.4, 0.5) is 5.95 Å². The van der Waals surface area contributed by atoms with Crippen LogP contribution in [-0.4, -0.2) is 43.8 Å². The monoisotopic (exact) mass is 355 g/mol. The van der Waals surface area contributed by atoms with Gasteiger partial charge in [0.1, 0.15) is 5.82 Å². The van der Waals surface area contributed by atoms with Gasteiger partial charge in [-0.2, -0.15) is 9.97 Å². The van der Waals surface area contributed by atoms with Crippen molar-refractivity contribution >= 4 is 17.7 Å². The zero-order valence-corrected chi connectivity index (χ0v) is 15.8. The summed E-state index contributed by atoms with van der Waals surface area (Å²) in [5.74, 6) is 2.45. The van der Waals surface area contributed by atoms with Gasteiger partial charge in [-0.25, -0.2) is 4.98 Å². The van der Waals surface area contributed by atoms with E-state index in [2.05, 4.69) is 39.0 Å². The van der Waals surface area contributed by atoms with Crippen LogP contribution in [-0.2, 0) is 7.05 Å². The highest BCUT2D eigenvalue weighted by atomic mass is 32.2. The molecule has 0 aliphatic heterocycles. The van der Waals surface area contributed by atoms with Crippen molar-refractivity contribution < 1.29 is 0 Å². The van der Waals surface area contributed by atoms with Crippen LogP contribution in [0.15, 0.2) is 40.6 Å². The minimum atomic E-state index is 0.223. The van der Waals surface area contributed by atoms with E-state index in [-0.39, 0.29) is 5.92 Å². The lowest BCUT2D eigenvalue weighted by molar-refractivity contribution is 0.712. The van der Waals surface area contributed by atoms with Crippen LogP contribution in [0, 0.1) is 0 Å². The highest BCUT2D eigenvalue weighted by Gasteiger charge is 2.16. The van der Waals surface area contributed by atoms with Gasteiger partial charge in [-0.15, -0.1) is 10.2 Å². The molecule has 0 saturated heterocycles. The molecule has 25 heavy (non-hydrogen) atoms. The summed E-state index contributed by atoms with van der Waals surface area (Å²) in [6, 6.07) is 9.99. The van der Waals surface area contributed by atoms with Gasteiger partial charge in [0.15, 0.2) is 11.0 Å². The normalized spacial score (nSPS) is 11.1. The molecule has 0 N–H and O–H groups in total. The number of hydrogen-bond acceptors (Lipinski definition) is 7. The van der Waals surface area contributed by atoms with Crippen LogP contribution in [0.2, 0.25) is 0 Å². The third-order valence-corrected chi connectivity index (χ3v) is 4.49. The third-order valence-electron chi connectivity index (χ3n) is 3.59. The minimum absolute atomic E-state index is 0.223. The molecule has 8 heteroatoms. The summed E-state index contributed by atoms with van der Waals surface area (Å²) in [6.07, 6.45) is 0. The van der Waals surface area contributed by atoms with Gasteiger partial charge in [-0.3, -0.25) is 0 Å². The smallest absolute Gasteiger partial charge is 0.229 e. The Kier molecular flexibility index (Phi) is 4.98. The lowest BCUT2D eigenvalue weighted by Crippen LogP contribution is -2.15. The van der Waals surface area contributed by atoms with Gasteiger partial charge in [0.05, 0.1) is 0 Å². The van der Waals surface area contributed by atoms with E-state index in [1.54, 1.807) is 0 Å². The Labute approximate surface area is 151 Å². The van der Waals surface area contributed by atoms with E-state index in [4.69, 9.17) is 0 Å². The zero-order valence-electron chi connectivity index (χ0n) is 15.0. The van der Waals surface area contributed by atoms with E-state index in [1.807, 2.05) is 60.9 Å². The van der Waals surface area contributed by atoms with Crippen LogP contribution in [0.25, 0.3) is 11.4 Å². The maximum absolute atomic E-state index is 4.57. The number of rotatable bonds is 5. The molecular weight excluding hydrogens is 334 g/mol. The number of aromatic nitrogens is 6. The van der Waals surface area contributed by atoms with E-state index in [9.17, 15) is 0 Å². The van der Waals surface area contributed by atoms with Gasteiger partial charge in [0.2, 0.25) is 11.1 Å². The largest absolute Gasteiger partial charge is 0.347 e. The molecule has 0 spiro atoms. The Morgan fingerprint density at radius 1 is 1.00 bits per heavy atom. The summed E-state index contributed by atoms with van der Waals surface area (Å²) in [5.41, 5.74) is 1.02. The summed E-state index contributed by atoms with van der Waals surface area (Å²) in [5, 5.41) is 9.97. The van der Waals surface area contributed by atoms with Crippen LogP contribution in [0.5, 0.6) is 0 Å². The van der Waals surface area contributed by atoms with E-state index >= 15 is 0 Å². The first kappa shape index (κ1) is 17.3. The van der Waals surface area contributed by atoms with Gasteiger partial charge in [-0.1, -0.05) is 44.2 Å². The number of benzene rings is 1. The molecule has 0 atom stereocenters. The number of hydrogen-bond donors (Lipinski definition) is 0. The fourth-order valence-corrected chi connectivity index (χ4v) is 2.92. The molecule has 1 aromatic carbocycles. The average molecular weight is 355 g/mol. The fraction of sp³-hybridized carbons (Fsp3) is 0.353. The molecule has 3 rings (SSSR count). The summed E-state index contributed by atoms with van der Waals surface area (Å²) in [7, 11) is 5.79. The second kappa shape index (κ2) is 7.18. The summed E-state index contributed by atoms with van der Waals surface area (Å²) >= 11 is 1.39. The molecule has 0 fully saturated rings. The number of nitrogens with zero attached hydrogens (tertiary/aromatic N) is 7. The quantitative estimate of drug-likeness (QED) is 0.696. The second-order valence-electron chi connectivity index (χ2n) is 6.16. The summed E-state index contributed by atoms with van der Waals surface area (Å²) in [4.78, 5) is 15.5. The molecule has 0 saturated carbocycles. The van der Waals surface area contributed by atoms with Gasteiger partial charge in [0, 0.05) is 32.6 Å². The molecule has 130 valence electrons. The van der Waals surface area contributed by atoms with Crippen molar-refractivity contribution in [3.8, 4) is 11.4 Å². The standard InChI is InChI=1S/C17H21N7S/c1-11(2)13-18-15(23(3)4)20-16(19-13)25-17-22-21-14(24(17)5)12-9-7-6-8-10-12/h6-11H,1-5H3. The SMILES string of the molecule is CC(C)c1nc(Sc2nnc(-c3ccccc3)n2C)nc(N(C)C)n1. The maximum Gasteiger partial charge on any atom is 0.229 e. The first-order valence-corrected chi connectivity index (χ1v) is 8.83. The van der Waals surface area contributed by atoms with Gasteiger partial charge in [0.25, 0.3) is 0 Å². The molecule has 7 nitrogen and oxygen atoms in total. The van der Waals surface area contributed by atoms with Crippen molar-refractivity contribution in [2.24, 2.45) is 7.05 Å². The Morgan fingerprint density at radius 3 is 2.36 bits per heavy atom. The molecule has 2 aromatic heterocycles. The highest BCUT2D eigenvalue weighted by Crippen LogP contribution is 2.28. The molecular formula is C17H21N7S. The van der Waals surface area contributed by atoms with Gasteiger partial charge in [-0.05, 0) is 11.8 Å². The van der Waals surface area contributed by atoms with E-state index in [1.165, 1.54) is 11.8 Å². The fourth-order valence-electron chi connectivity index (χ4n) is 2.19. The molecule has 0 amide bonds. The van der Waals surface area contributed by atoms with Crippen molar-refractivity contribution in [2.75, 3.05) is 19.0 Å². The van der Waals surface area contributed by atoms with Crippen LogP contribution >= 0.6 is 11.8 Å². The molecule has 0 radical (unpaired) electrons. The first-order chi connectivity index (χ1) is 12.0. The number of anilines is 1. The van der Waals surface area contributed by atoms with Crippen LogP contribution < -0.4 is 4.90 Å². The maximum atomic E-state index is 4.57. The predicted molar refractivity (Wildman–Crippen MR) is 98.8 cm³/mol. The highest BCUT2D eigenvalue weighted by molar-refractivity contribution is 7.99. The van der Waals surface area contributed by atoms with Crippen molar-refractivity contribution in [3.63, 3.8) is 0 Å². The molecule has 0 aliphatic carbocycles. The predicted octanol–water partition coefficient (Wildman–Crippen LogP) is 3.01. The molecule has 3 aromatic rings. The molecule has 0 unspecified atom stereocenters. The second-order valence-corrected chi connectivity index (χ2v) is 7.09. The molecule has 2 heterocycles. The molecule has 0 bridgehead atoms. The van der Waals surface area contributed by atoms with Gasteiger partial charge >= 0.3 is 0 Å². The lowest BCUT2D eigenvalue weighted by atomic mass is 10.2. The minimum Gasteiger partial charge on any atom is -0.347 e. The lowest BCUT2D eigenvalue weighted by Gasteiger charge is -2.13. The van der Waals surface area contributed by atoms with Crippen molar-refractivity contribution in [3.05, 3.63) is 36.2 Å². The van der Waals surface area contributed by atoms with E-state index < -0.39 is 0 Å². The van der Waals surface area contributed by atoms with Crippen LogP contribution in [0.1, 0.15) is 25.6 Å². The van der Waals surface area contributed by atoms with Gasteiger partial charge < -0.3 is 9.47 Å². The summed E-state index contributed by atoms with van der Waals surface area (Å²) < 4.78 is 1.95. The Bertz CT molecular complexity index is 832. The average Bonchev–Trinajstić information content (AvgIpc) is 2.96. The van der Waals surface area contributed by atoms with Crippen LogP contribution in [0.3, 0.4) is 0 Å². The first-order valence-electron chi connectivity index (χ1n) is 8.01. The summed E-state index contributed by atoms with van der Waals surface area (Å²) in [6.45, 7) is 4.14. The Morgan fingerprint density at radius 2 is 1.72 bits per heavy atom. The van der Waals surface area contributed by atoms with Crippen molar-refractivity contribution in [1.82, 2.24) is 29.7 Å². The third kappa shape index (κ3) is 3.79. The van der Waals surface area contributed by atoms with E-state index in [0.717, 1.165) is 22.4 Å². The van der Waals surface area contributed by atoms with Crippen molar-refractivity contribution in [1.29, 1.82) is 0 Å². The molecule has 0 aliphatic rings. The Balaban J connectivity index is 1.94. The Hall–Kier alpha value is -2.48. The topological polar surface area (TPSA) is 72.6 Å².